The quantitative estimate of drug-likeness (QED) is 0.730. The summed E-state index contributed by atoms with van der Waals surface area (Å²) in [4.78, 5) is 13.9. The molecule has 25 heavy (non-hydrogen) atoms. The molecule has 6 heteroatoms. The van der Waals surface area contributed by atoms with Crippen LogP contribution in [0.15, 0.2) is 0 Å². The van der Waals surface area contributed by atoms with Gasteiger partial charge in [0.25, 0.3) is 5.91 Å². The first-order valence-corrected chi connectivity index (χ1v) is 9.20. The van der Waals surface area contributed by atoms with Gasteiger partial charge >= 0.3 is 0 Å². The van der Waals surface area contributed by atoms with Crippen molar-refractivity contribution in [3.63, 3.8) is 0 Å². The van der Waals surface area contributed by atoms with Crippen LogP contribution in [0.5, 0.6) is 0 Å². The number of nitriles is 1. The number of hydrogen-bond donors (Lipinski definition) is 2. The van der Waals surface area contributed by atoms with E-state index in [0.717, 1.165) is 43.2 Å². The number of rotatable bonds is 7. The van der Waals surface area contributed by atoms with E-state index in [4.69, 9.17) is 4.74 Å². The number of quaternary nitrogens is 1. The van der Waals surface area contributed by atoms with Crippen molar-refractivity contribution in [2.24, 2.45) is 5.92 Å². The van der Waals surface area contributed by atoms with Crippen LogP contribution >= 0.6 is 0 Å². The van der Waals surface area contributed by atoms with Gasteiger partial charge in [-0.15, -0.1) is 0 Å². The Kier molecular flexibility index (Phi) is 7.03. The fourth-order valence-electron chi connectivity index (χ4n) is 3.53. The first-order valence-electron chi connectivity index (χ1n) is 9.20. The smallest absolute Gasteiger partial charge is 0.280 e. The molecule has 2 heterocycles. The number of carbonyl (C=O) groups excluding carboxylic acids is 1. The Bertz CT molecular complexity index is 637. The number of carbonyl (C=O) groups is 1. The van der Waals surface area contributed by atoms with Crippen molar-refractivity contribution < 1.29 is 14.4 Å². The largest absolute Gasteiger partial charge is 0.385 e. The summed E-state index contributed by atoms with van der Waals surface area (Å²) < 4.78 is 7.17. The van der Waals surface area contributed by atoms with Crippen molar-refractivity contribution in [3.05, 3.63) is 16.8 Å². The fourth-order valence-corrected chi connectivity index (χ4v) is 3.53. The molecule has 1 saturated heterocycles. The summed E-state index contributed by atoms with van der Waals surface area (Å²) in [5, 5.41) is 12.5. The molecule has 1 amide bonds. The van der Waals surface area contributed by atoms with Gasteiger partial charge in [0.1, 0.15) is 11.9 Å². The number of amides is 1. The first-order chi connectivity index (χ1) is 12.0. The van der Waals surface area contributed by atoms with E-state index in [0.29, 0.717) is 24.5 Å². The fraction of sp³-hybridized carbons (Fsp3) is 0.684. The van der Waals surface area contributed by atoms with Crippen LogP contribution in [-0.4, -0.2) is 43.8 Å². The molecule has 1 fully saturated rings. The molecule has 0 radical (unpaired) electrons. The summed E-state index contributed by atoms with van der Waals surface area (Å²) in [6.45, 7) is 10.2. The summed E-state index contributed by atoms with van der Waals surface area (Å²) in [6.07, 6.45) is 3.20. The minimum atomic E-state index is -0.00783. The van der Waals surface area contributed by atoms with Gasteiger partial charge in [-0.2, -0.15) is 5.26 Å². The zero-order chi connectivity index (χ0) is 18.4. The minimum Gasteiger partial charge on any atom is -0.385 e. The zero-order valence-electron chi connectivity index (χ0n) is 15.9. The molecule has 6 nitrogen and oxygen atoms in total. The van der Waals surface area contributed by atoms with Gasteiger partial charge in [-0.25, -0.2) is 0 Å². The first kappa shape index (κ1) is 19.5. The maximum atomic E-state index is 12.6. The van der Waals surface area contributed by atoms with E-state index in [9.17, 15) is 10.1 Å². The molecule has 1 aliphatic rings. The summed E-state index contributed by atoms with van der Waals surface area (Å²) in [5.74, 6) is 1.40. The Morgan fingerprint density at radius 1 is 1.40 bits per heavy atom. The summed E-state index contributed by atoms with van der Waals surface area (Å²) >= 11 is 0. The van der Waals surface area contributed by atoms with Gasteiger partial charge in [-0.05, 0) is 44.6 Å². The molecule has 0 spiro atoms. The highest BCUT2D eigenvalue weighted by molar-refractivity contribution is 5.92. The monoisotopic (exact) mass is 347 g/mol. The molecule has 0 unspecified atom stereocenters. The number of aromatic nitrogens is 1. The topological polar surface area (TPSA) is 71.5 Å². The lowest BCUT2D eigenvalue weighted by atomic mass is 9.99. The van der Waals surface area contributed by atoms with Crippen molar-refractivity contribution in [2.45, 2.75) is 46.6 Å². The van der Waals surface area contributed by atoms with Crippen LogP contribution in [0, 0.1) is 31.1 Å². The highest BCUT2D eigenvalue weighted by Crippen LogP contribution is 2.26. The lowest BCUT2D eigenvalue weighted by molar-refractivity contribution is -0.897. The van der Waals surface area contributed by atoms with Gasteiger partial charge in [0.15, 0.2) is 6.54 Å². The predicted octanol–water partition coefficient (Wildman–Crippen LogP) is 1.27. The highest BCUT2D eigenvalue weighted by Gasteiger charge is 2.24. The van der Waals surface area contributed by atoms with Crippen molar-refractivity contribution >= 4 is 11.7 Å². The van der Waals surface area contributed by atoms with Gasteiger partial charge in [-0.1, -0.05) is 6.92 Å². The summed E-state index contributed by atoms with van der Waals surface area (Å²) in [6, 6.07) is 2.26. The number of anilines is 1. The summed E-state index contributed by atoms with van der Waals surface area (Å²) in [5.41, 5.74) is 2.54. The van der Waals surface area contributed by atoms with Gasteiger partial charge in [-0.3, -0.25) is 4.79 Å². The van der Waals surface area contributed by atoms with E-state index in [1.54, 1.807) is 7.11 Å². The molecule has 1 aromatic rings. The molecule has 1 aromatic heterocycles. The highest BCUT2D eigenvalue weighted by atomic mass is 16.5. The second-order valence-electron chi connectivity index (χ2n) is 7.20. The molecule has 2 N–H and O–H groups in total. The van der Waals surface area contributed by atoms with Gasteiger partial charge in [0, 0.05) is 26.0 Å². The second-order valence-corrected chi connectivity index (χ2v) is 7.20. The van der Waals surface area contributed by atoms with Crippen LogP contribution in [-0.2, 0) is 16.1 Å². The van der Waals surface area contributed by atoms with Crippen LogP contribution in [0.3, 0.4) is 0 Å². The minimum absolute atomic E-state index is 0.00783. The normalized spacial score (nSPS) is 20.3. The maximum Gasteiger partial charge on any atom is 0.280 e. The van der Waals surface area contributed by atoms with E-state index in [1.807, 2.05) is 18.4 Å². The molecule has 0 saturated carbocycles. The Morgan fingerprint density at radius 2 is 2.08 bits per heavy atom. The van der Waals surface area contributed by atoms with Crippen LogP contribution < -0.4 is 10.2 Å². The van der Waals surface area contributed by atoms with Gasteiger partial charge < -0.3 is 19.5 Å². The Labute approximate surface area is 150 Å². The van der Waals surface area contributed by atoms with Crippen molar-refractivity contribution in [1.82, 2.24) is 4.57 Å². The number of nitrogens with one attached hydrogen (secondary N) is 2. The van der Waals surface area contributed by atoms with E-state index in [2.05, 4.69) is 18.3 Å². The maximum absolute atomic E-state index is 12.6. The Balaban J connectivity index is 2.09. The van der Waals surface area contributed by atoms with Crippen LogP contribution in [0.2, 0.25) is 0 Å². The average Bonchev–Trinajstić information content (AvgIpc) is 2.81. The molecule has 0 atom stereocenters. The number of methoxy groups -OCH3 is 1. The Morgan fingerprint density at radius 3 is 2.68 bits per heavy atom. The molecule has 2 rings (SSSR count). The number of ether oxygens (including phenoxy) is 1. The molecule has 1 aliphatic heterocycles. The number of hydrogen-bond acceptors (Lipinski definition) is 3. The van der Waals surface area contributed by atoms with Crippen molar-refractivity contribution in [2.75, 3.05) is 38.7 Å². The third kappa shape index (κ3) is 4.83. The molecule has 0 aromatic carbocycles. The molecule has 138 valence electrons. The van der Waals surface area contributed by atoms with E-state index in [-0.39, 0.29) is 5.91 Å². The van der Waals surface area contributed by atoms with Crippen LogP contribution in [0.4, 0.5) is 5.82 Å². The number of nitrogens with zero attached hydrogens (tertiary/aromatic N) is 2. The van der Waals surface area contributed by atoms with Gasteiger partial charge in [0.2, 0.25) is 0 Å². The predicted molar refractivity (Wildman–Crippen MR) is 97.7 cm³/mol. The average molecular weight is 347 g/mol. The van der Waals surface area contributed by atoms with Crippen LogP contribution in [0.1, 0.15) is 43.0 Å². The van der Waals surface area contributed by atoms with Crippen molar-refractivity contribution in [1.29, 1.82) is 5.26 Å². The van der Waals surface area contributed by atoms with E-state index in [1.165, 1.54) is 17.7 Å². The lowest BCUT2D eigenvalue weighted by Gasteiger charge is -2.26. The molecule has 0 bridgehead atoms. The zero-order valence-corrected chi connectivity index (χ0v) is 15.9. The third-order valence-electron chi connectivity index (χ3n) is 5.32. The van der Waals surface area contributed by atoms with Crippen molar-refractivity contribution in [3.8, 4) is 6.07 Å². The van der Waals surface area contributed by atoms with Gasteiger partial charge in [0.05, 0.1) is 18.7 Å². The standard InChI is InChI=1S/C19H30N4O2/c1-14-6-9-22(10-7-14)13-18(24)21-19-17(12-20)15(2)16(3)23(19)8-5-11-25-4/h14H,5-11,13H2,1-4H3,(H,21,24)/p+1. The lowest BCUT2D eigenvalue weighted by Crippen LogP contribution is -3.14. The summed E-state index contributed by atoms with van der Waals surface area (Å²) in [7, 11) is 1.68. The Hall–Kier alpha value is -1.84. The van der Waals surface area contributed by atoms with E-state index >= 15 is 0 Å². The number of piperidine rings is 1. The molecule has 0 aliphatic carbocycles. The molecular weight excluding hydrogens is 316 g/mol. The third-order valence-corrected chi connectivity index (χ3v) is 5.32. The molecular formula is C19H31N4O2+. The number of likely N-dealkylation sites (tertiary alicyclic amines) is 1. The van der Waals surface area contributed by atoms with E-state index < -0.39 is 0 Å². The second kappa shape index (κ2) is 9.02. The SMILES string of the molecule is COCCCn1c(C)c(C)c(C#N)c1NC(=O)C[NH+]1CCC(C)CC1. The van der Waals surface area contributed by atoms with Crippen LogP contribution in [0.25, 0.3) is 0 Å².